The molecule has 2 N–H and O–H groups in total. The van der Waals surface area contributed by atoms with Crippen molar-refractivity contribution in [1.29, 1.82) is 0 Å². The Balaban J connectivity index is 2.09. The molecular formula is C16H24N2O. The van der Waals surface area contributed by atoms with Crippen molar-refractivity contribution < 1.29 is 4.79 Å². The lowest BCUT2D eigenvalue weighted by Crippen LogP contribution is -2.49. The second-order valence-electron chi connectivity index (χ2n) is 6.19. The molecule has 1 aromatic rings. The second-order valence-corrected chi connectivity index (χ2v) is 6.19. The van der Waals surface area contributed by atoms with Gasteiger partial charge >= 0.3 is 0 Å². The van der Waals surface area contributed by atoms with E-state index in [0.717, 1.165) is 0 Å². The van der Waals surface area contributed by atoms with E-state index in [1.807, 2.05) is 7.05 Å². The molecule has 3 heteroatoms. The molecule has 0 aliphatic heterocycles. The Labute approximate surface area is 115 Å². The first-order valence-electron chi connectivity index (χ1n) is 7.03. The smallest absolute Gasteiger partial charge is 0.242 e. The number of likely N-dealkylation sites (N-methyl/N-ethyl adjacent to an activating group) is 1. The molecule has 0 unspecified atom stereocenters. The van der Waals surface area contributed by atoms with Gasteiger partial charge in [0.1, 0.15) is 0 Å². The van der Waals surface area contributed by atoms with E-state index in [1.54, 1.807) is 18.7 Å². The van der Waals surface area contributed by atoms with Crippen molar-refractivity contribution in [2.24, 2.45) is 5.73 Å². The van der Waals surface area contributed by atoms with E-state index < -0.39 is 5.54 Å². The largest absolute Gasteiger partial charge is 0.340 e. The Kier molecular flexibility index (Phi) is 3.95. The van der Waals surface area contributed by atoms with Gasteiger partial charge in [-0.2, -0.15) is 0 Å². The Hall–Kier alpha value is -1.35. The molecule has 1 aromatic carbocycles. The zero-order chi connectivity index (χ0) is 14.0. The van der Waals surface area contributed by atoms with Crippen molar-refractivity contribution in [3.63, 3.8) is 0 Å². The molecule has 0 saturated carbocycles. The predicted molar refractivity (Wildman–Crippen MR) is 77.8 cm³/mol. The molecule has 1 amide bonds. The lowest BCUT2D eigenvalue weighted by molar-refractivity contribution is -0.134. The van der Waals surface area contributed by atoms with Crippen LogP contribution in [0, 0.1) is 0 Å². The first-order valence-corrected chi connectivity index (χ1v) is 7.03. The van der Waals surface area contributed by atoms with Crippen molar-refractivity contribution >= 4 is 5.91 Å². The fourth-order valence-electron chi connectivity index (χ4n) is 2.72. The number of fused-ring (bicyclic) bond motifs is 1. The summed E-state index contributed by atoms with van der Waals surface area (Å²) in [5, 5.41) is 0. The lowest BCUT2D eigenvalue weighted by atomic mass is 9.90. The van der Waals surface area contributed by atoms with Gasteiger partial charge in [-0.25, -0.2) is 0 Å². The number of amides is 1. The van der Waals surface area contributed by atoms with Gasteiger partial charge in [0, 0.05) is 13.6 Å². The van der Waals surface area contributed by atoms with E-state index >= 15 is 0 Å². The number of hydrogen-bond acceptors (Lipinski definition) is 2. The van der Waals surface area contributed by atoms with Gasteiger partial charge in [-0.15, -0.1) is 0 Å². The predicted octanol–water partition coefficient (Wildman–Crippen LogP) is 2.26. The van der Waals surface area contributed by atoms with Gasteiger partial charge in [0.25, 0.3) is 0 Å². The Morgan fingerprint density at radius 1 is 1.26 bits per heavy atom. The quantitative estimate of drug-likeness (QED) is 0.906. The molecule has 0 fully saturated rings. The Morgan fingerprint density at radius 2 is 1.89 bits per heavy atom. The molecule has 19 heavy (non-hydrogen) atoms. The fourth-order valence-corrected chi connectivity index (χ4v) is 2.72. The van der Waals surface area contributed by atoms with E-state index in [9.17, 15) is 4.79 Å². The molecule has 0 spiro atoms. The van der Waals surface area contributed by atoms with Gasteiger partial charge < -0.3 is 10.6 Å². The van der Waals surface area contributed by atoms with E-state index in [0.29, 0.717) is 6.54 Å². The van der Waals surface area contributed by atoms with E-state index in [4.69, 9.17) is 5.73 Å². The first kappa shape index (κ1) is 14.1. The van der Waals surface area contributed by atoms with Crippen LogP contribution in [0.15, 0.2) is 18.2 Å². The normalized spacial score (nSPS) is 14.9. The average molecular weight is 260 g/mol. The number of aryl methyl sites for hydroxylation is 2. The minimum atomic E-state index is -0.803. The third-order valence-electron chi connectivity index (χ3n) is 3.73. The van der Waals surface area contributed by atoms with Crippen LogP contribution in [0.3, 0.4) is 0 Å². The number of nitrogens with zero attached hydrogens (tertiary/aromatic N) is 1. The van der Waals surface area contributed by atoms with Crippen LogP contribution in [0.25, 0.3) is 0 Å². The summed E-state index contributed by atoms with van der Waals surface area (Å²) in [6.07, 6.45) is 4.94. The van der Waals surface area contributed by atoms with Crippen molar-refractivity contribution in [3.8, 4) is 0 Å². The van der Waals surface area contributed by atoms with Crippen LogP contribution in [0.1, 0.15) is 43.4 Å². The molecule has 0 atom stereocenters. The zero-order valence-corrected chi connectivity index (χ0v) is 12.2. The molecule has 0 radical (unpaired) electrons. The van der Waals surface area contributed by atoms with Crippen LogP contribution in [-0.4, -0.2) is 23.4 Å². The summed E-state index contributed by atoms with van der Waals surface area (Å²) in [4.78, 5) is 13.8. The highest BCUT2D eigenvalue weighted by molar-refractivity contribution is 5.84. The topological polar surface area (TPSA) is 46.3 Å². The fraction of sp³-hybridized carbons (Fsp3) is 0.562. The SMILES string of the molecule is CN(Cc1ccc2c(c1)CCCC2)C(=O)C(C)(C)N. The number of rotatable bonds is 3. The van der Waals surface area contributed by atoms with Crippen LogP contribution in [-0.2, 0) is 24.2 Å². The van der Waals surface area contributed by atoms with Gasteiger partial charge in [-0.3, -0.25) is 4.79 Å². The maximum absolute atomic E-state index is 12.1. The van der Waals surface area contributed by atoms with Crippen LogP contribution >= 0.6 is 0 Å². The average Bonchev–Trinajstić information content (AvgIpc) is 2.36. The second kappa shape index (κ2) is 5.33. The minimum absolute atomic E-state index is 0.0229. The molecule has 3 nitrogen and oxygen atoms in total. The third-order valence-corrected chi connectivity index (χ3v) is 3.73. The number of benzene rings is 1. The van der Waals surface area contributed by atoms with Crippen LogP contribution in [0.2, 0.25) is 0 Å². The highest BCUT2D eigenvalue weighted by Crippen LogP contribution is 2.22. The summed E-state index contributed by atoms with van der Waals surface area (Å²) in [6.45, 7) is 4.13. The molecule has 0 saturated heterocycles. The minimum Gasteiger partial charge on any atom is -0.340 e. The zero-order valence-electron chi connectivity index (χ0n) is 12.2. The Bertz CT molecular complexity index is 474. The van der Waals surface area contributed by atoms with Crippen LogP contribution in [0.4, 0.5) is 0 Å². The summed E-state index contributed by atoms with van der Waals surface area (Å²) in [6, 6.07) is 6.61. The van der Waals surface area contributed by atoms with Gasteiger partial charge in [0.2, 0.25) is 5.91 Å². The highest BCUT2D eigenvalue weighted by atomic mass is 16.2. The Morgan fingerprint density at radius 3 is 2.53 bits per heavy atom. The molecule has 1 aliphatic rings. The van der Waals surface area contributed by atoms with Crippen molar-refractivity contribution in [1.82, 2.24) is 4.90 Å². The third kappa shape index (κ3) is 3.35. The molecule has 1 aliphatic carbocycles. The van der Waals surface area contributed by atoms with E-state index in [1.165, 1.54) is 42.4 Å². The van der Waals surface area contributed by atoms with E-state index in [2.05, 4.69) is 18.2 Å². The summed E-state index contributed by atoms with van der Waals surface area (Å²) < 4.78 is 0. The van der Waals surface area contributed by atoms with Gasteiger partial charge in [0.05, 0.1) is 5.54 Å². The number of carbonyl (C=O) groups is 1. The molecular weight excluding hydrogens is 236 g/mol. The monoisotopic (exact) mass is 260 g/mol. The van der Waals surface area contributed by atoms with Crippen molar-refractivity contribution in [2.45, 2.75) is 51.6 Å². The molecule has 0 aromatic heterocycles. The molecule has 0 bridgehead atoms. The molecule has 0 heterocycles. The summed E-state index contributed by atoms with van der Waals surface area (Å²) >= 11 is 0. The van der Waals surface area contributed by atoms with Crippen LogP contribution in [0.5, 0.6) is 0 Å². The van der Waals surface area contributed by atoms with Gasteiger partial charge in [0.15, 0.2) is 0 Å². The number of carbonyl (C=O) groups excluding carboxylic acids is 1. The first-order chi connectivity index (χ1) is 8.88. The van der Waals surface area contributed by atoms with Crippen molar-refractivity contribution in [3.05, 3.63) is 34.9 Å². The maximum atomic E-state index is 12.1. The number of nitrogens with two attached hydrogens (primary N) is 1. The summed E-state index contributed by atoms with van der Waals surface area (Å²) in [5.41, 5.74) is 9.18. The van der Waals surface area contributed by atoms with E-state index in [-0.39, 0.29) is 5.91 Å². The lowest BCUT2D eigenvalue weighted by Gasteiger charge is -2.26. The molecule has 2 rings (SSSR count). The summed E-state index contributed by atoms with van der Waals surface area (Å²) in [5.74, 6) is -0.0229. The van der Waals surface area contributed by atoms with Gasteiger partial charge in [-0.1, -0.05) is 18.2 Å². The van der Waals surface area contributed by atoms with Crippen LogP contribution < -0.4 is 5.73 Å². The number of hydrogen-bond donors (Lipinski definition) is 1. The summed E-state index contributed by atoms with van der Waals surface area (Å²) in [7, 11) is 1.82. The van der Waals surface area contributed by atoms with Gasteiger partial charge in [-0.05, 0) is 56.2 Å². The van der Waals surface area contributed by atoms with Crippen molar-refractivity contribution in [2.75, 3.05) is 7.05 Å². The molecule has 104 valence electrons. The highest BCUT2D eigenvalue weighted by Gasteiger charge is 2.25. The standard InChI is InChI=1S/C16H24N2O/c1-16(2,17)15(19)18(3)11-12-8-9-13-6-4-5-7-14(13)10-12/h8-10H,4-7,11,17H2,1-3H3. The maximum Gasteiger partial charge on any atom is 0.242 e.